The Labute approximate surface area is 138 Å². The first-order chi connectivity index (χ1) is 11.0. The van der Waals surface area contributed by atoms with Gasteiger partial charge in [0, 0.05) is 6.61 Å². The number of hydrogen-bond acceptors (Lipinski definition) is 3. The number of rotatable bonds is 6. The van der Waals surface area contributed by atoms with Crippen molar-refractivity contribution in [2.75, 3.05) is 19.8 Å². The molecule has 0 spiro atoms. The lowest BCUT2D eigenvalue weighted by Gasteiger charge is -2.32. The zero-order valence-corrected chi connectivity index (χ0v) is 14.3. The number of nitrogens with one attached hydrogen (secondary N) is 1. The molecule has 1 saturated heterocycles. The van der Waals surface area contributed by atoms with E-state index in [-0.39, 0.29) is 18.1 Å². The second-order valence-electron chi connectivity index (χ2n) is 6.36. The van der Waals surface area contributed by atoms with E-state index in [9.17, 15) is 4.79 Å². The third-order valence-electron chi connectivity index (χ3n) is 3.90. The molecule has 4 heteroatoms. The molecule has 1 aromatic rings. The third-order valence-corrected chi connectivity index (χ3v) is 3.90. The minimum Gasteiger partial charge on any atom is -0.379 e. The van der Waals surface area contributed by atoms with Gasteiger partial charge < -0.3 is 14.8 Å². The van der Waals surface area contributed by atoms with Gasteiger partial charge in [-0.2, -0.15) is 0 Å². The second kappa shape index (κ2) is 8.85. The monoisotopic (exact) mass is 317 g/mol. The highest BCUT2D eigenvalue weighted by Gasteiger charge is 2.27. The van der Waals surface area contributed by atoms with Gasteiger partial charge in [0.15, 0.2) is 0 Å². The molecule has 0 radical (unpaired) electrons. The molecule has 23 heavy (non-hydrogen) atoms. The van der Waals surface area contributed by atoms with E-state index in [1.807, 2.05) is 51.1 Å². The summed E-state index contributed by atoms with van der Waals surface area (Å²) in [6, 6.07) is 8.07. The first-order valence-electron chi connectivity index (χ1n) is 8.22. The number of carbonyl (C=O) groups excluding carboxylic acids is 1. The number of benzene rings is 1. The van der Waals surface area contributed by atoms with Crippen LogP contribution in [0.15, 0.2) is 35.9 Å². The maximum atomic E-state index is 12.3. The predicted octanol–water partition coefficient (Wildman–Crippen LogP) is 2.79. The van der Waals surface area contributed by atoms with Crippen LogP contribution >= 0.6 is 0 Å². The highest BCUT2D eigenvalue weighted by Crippen LogP contribution is 2.13. The summed E-state index contributed by atoms with van der Waals surface area (Å²) in [5.74, 6) is 0.0401. The van der Waals surface area contributed by atoms with E-state index in [4.69, 9.17) is 9.47 Å². The van der Waals surface area contributed by atoms with Crippen molar-refractivity contribution in [2.24, 2.45) is 0 Å². The molecule has 0 aromatic heterocycles. The van der Waals surface area contributed by atoms with Crippen molar-refractivity contribution in [3.8, 4) is 0 Å². The minimum atomic E-state index is -0.0826. The third kappa shape index (κ3) is 6.16. The molecule has 1 N–H and O–H groups in total. The Morgan fingerprint density at radius 1 is 1.43 bits per heavy atom. The summed E-state index contributed by atoms with van der Waals surface area (Å²) in [6.45, 7) is 7.88. The Bertz CT molecular complexity index is 549. The van der Waals surface area contributed by atoms with Crippen LogP contribution in [0.2, 0.25) is 0 Å². The molecule has 1 aromatic carbocycles. The standard InChI is InChI=1S/C19H27NO3/c1-14(2)7-10-23-18-13-22-9-8-17(18)20-19(21)12-16-6-4-5-15(3)11-16/h4-7,11,17-18H,8-10,12-13H2,1-3H3,(H,20,21)/t17-,18-/m1/s1. The van der Waals surface area contributed by atoms with Gasteiger partial charge in [0.05, 0.1) is 25.7 Å². The number of carbonyl (C=O) groups is 1. The molecule has 0 aliphatic carbocycles. The Balaban J connectivity index is 1.87. The van der Waals surface area contributed by atoms with Crippen LogP contribution in [0.4, 0.5) is 0 Å². The number of allylic oxidation sites excluding steroid dienone is 1. The minimum absolute atomic E-state index is 0.0200. The highest BCUT2D eigenvalue weighted by atomic mass is 16.5. The molecular weight excluding hydrogens is 290 g/mol. The van der Waals surface area contributed by atoms with Crippen molar-refractivity contribution >= 4 is 5.91 Å². The van der Waals surface area contributed by atoms with Gasteiger partial charge in [0.1, 0.15) is 6.10 Å². The van der Waals surface area contributed by atoms with Crippen LogP contribution in [0.1, 0.15) is 31.4 Å². The van der Waals surface area contributed by atoms with Crippen LogP contribution < -0.4 is 5.32 Å². The molecule has 4 nitrogen and oxygen atoms in total. The average Bonchev–Trinajstić information content (AvgIpc) is 2.48. The first kappa shape index (κ1) is 17.7. The summed E-state index contributed by atoms with van der Waals surface area (Å²) in [4.78, 5) is 12.3. The Kier molecular flexibility index (Phi) is 6.81. The SMILES string of the molecule is CC(C)=CCO[C@@H]1COCC[C@H]1NC(=O)Cc1cccc(C)c1. The lowest BCUT2D eigenvalue weighted by atomic mass is 10.0. The van der Waals surface area contributed by atoms with E-state index >= 15 is 0 Å². The number of hydrogen-bond donors (Lipinski definition) is 1. The molecule has 0 unspecified atom stereocenters. The van der Waals surface area contributed by atoms with Gasteiger partial charge >= 0.3 is 0 Å². The van der Waals surface area contributed by atoms with Crippen molar-refractivity contribution in [2.45, 2.75) is 45.8 Å². The summed E-state index contributed by atoms with van der Waals surface area (Å²) < 4.78 is 11.3. The fourth-order valence-electron chi connectivity index (χ4n) is 2.64. The van der Waals surface area contributed by atoms with Crippen molar-refractivity contribution in [1.29, 1.82) is 0 Å². The van der Waals surface area contributed by atoms with E-state index in [0.29, 0.717) is 26.2 Å². The van der Waals surface area contributed by atoms with E-state index < -0.39 is 0 Å². The topological polar surface area (TPSA) is 47.6 Å². The van der Waals surface area contributed by atoms with Gasteiger partial charge in [-0.3, -0.25) is 4.79 Å². The number of amides is 1. The smallest absolute Gasteiger partial charge is 0.224 e. The van der Waals surface area contributed by atoms with Crippen LogP contribution in [-0.2, 0) is 20.7 Å². The quantitative estimate of drug-likeness (QED) is 0.821. The first-order valence-corrected chi connectivity index (χ1v) is 8.22. The average molecular weight is 317 g/mol. The van der Waals surface area contributed by atoms with Gasteiger partial charge in [-0.15, -0.1) is 0 Å². The summed E-state index contributed by atoms with van der Waals surface area (Å²) in [7, 11) is 0. The zero-order valence-electron chi connectivity index (χ0n) is 14.3. The number of ether oxygens (including phenoxy) is 2. The number of aryl methyl sites for hydroxylation is 1. The van der Waals surface area contributed by atoms with E-state index in [2.05, 4.69) is 5.32 Å². The Morgan fingerprint density at radius 2 is 2.26 bits per heavy atom. The molecule has 2 atom stereocenters. The van der Waals surface area contributed by atoms with E-state index in [1.54, 1.807) is 0 Å². The summed E-state index contributed by atoms with van der Waals surface area (Å²) in [5.41, 5.74) is 3.43. The van der Waals surface area contributed by atoms with E-state index in [1.165, 1.54) is 11.1 Å². The second-order valence-corrected chi connectivity index (χ2v) is 6.36. The van der Waals surface area contributed by atoms with Crippen molar-refractivity contribution < 1.29 is 14.3 Å². The van der Waals surface area contributed by atoms with Gasteiger partial charge in [-0.25, -0.2) is 0 Å². The fourth-order valence-corrected chi connectivity index (χ4v) is 2.64. The summed E-state index contributed by atoms with van der Waals surface area (Å²) in [5, 5.41) is 3.11. The normalized spacial score (nSPS) is 20.8. The van der Waals surface area contributed by atoms with Crippen LogP contribution in [0.3, 0.4) is 0 Å². The molecule has 126 valence electrons. The van der Waals surface area contributed by atoms with Gasteiger partial charge in [-0.05, 0) is 32.8 Å². The lowest BCUT2D eigenvalue weighted by Crippen LogP contribution is -2.50. The van der Waals surface area contributed by atoms with Crippen LogP contribution in [0.5, 0.6) is 0 Å². The fraction of sp³-hybridized carbons (Fsp3) is 0.526. The molecule has 1 aliphatic heterocycles. The highest BCUT2D eigenvalue weighted by molar-refractivity contribution is 5.79. The molecule has 2 rings (SSSR count). The molecule has 1 heterocycles. The molecule has 1 fully saturated rings. The van der Waals surface area contributed by atoms with Gasteiger partial charge in [0.25, 0.3) is 0 Å². The van der Waals surface area contributed by atoms with Crippen molar-refractivity contribution in [3.63, 3.8) is 0 Å². The summed E-state index contributed by atoms with van der Waals surface area (Å²) in [6.07, 6.45) is 3.15. The van der Waals surface area contributed by atoms with Gasteiger partial charge in [-0.1, -0.05) is 41.5 Å². The lowest BCUT2D eigenvalue weighted by molar-refractivity contribution is -0.125. The molecular formula is C19H27NO3. The van der Waals surface area contributed by atoms with Crippen molar-refractivity contribution in [1.82, 2.24) is 5.32 Å². The van der Waals surface area contributed by atoms with Crippen LogP contribution in [0, 0.1) is 6.92 Å². The largest absolute Gasteiger partial charge is 0.379 e. The van der Waals surface area contributed by atoms with Gasteiger partial charge in [0.2, 0.25) is 5.91 Å². The Morgan fingerprint density at radius 3 is 3.00 bits per heavy atom. The van der Waals surface area contributed by atoms with Crippen LogP contribution in [-0.4, -0.2) is 37.9 Å². The molecule has 0 bridgehead atoms. The summed E-state index contributed by atoms with van der Waals surface area (Å²) >= 11 is 0. The molecule has 0 saturated carbocycles. The molecule has 1 amide bonds. The zero-order chi connectivity index (χ0) is 16.7. The predicted molar refractivity (Wildman–Crippen MR) is 91.4 cm³/mol. The maximum absolute atomic E-state index is 12.3. The Hall–Kier alpha value is -1.65. The van der Waals surface area contributed by atoms with Crippen LogP contribution in [0.25, 0.3) is 0 Å². The maximum Gasteiger partial charge on any atom is 0.224 e. The van der Waals surface area contributed by atoms with Crippen molar-refractivity contribution in [3.05, 3.63) is 47.0 Å². The van der Waals surface area contributed by atoms with E-state index in [0.717, 1.165) is 12.0 Å². The molecule has 1 aliphatic rings.